The van der Waals surface area contributed by atoms with Gasteiger partial charge in [-0.3, -0.25) is 4.99 Å². The predicted octanol–water partition coefficient (Wildman–Crippen LogP) is 1.51. The second kappa shape index (κ2) is 3.29. The Hall–Kier alpha value is -0.730. The van der Waals surface area contributed by atoms with Gasteiger partial charge < -0.3 is 0 Å². The van der Waals surface area contributed by atoms with Gasteiger partial charge in [-0.25, -0.2) is 8.78 Å². The summed E-state index contributed by atoms with van der Waals surface area (Å²) in [5, 5.41) is 0. The molecule has 8 heavy (non-hydrogen) atoms. The summed E-state index contributed by atoms with van der Waals surface area (Å²) in [4.78, 5) is 3.35. The molecule has 0 saturated heterocycles. The molecule has 0 aliphatic rings. The standard InChI is InChI=1S/C5H7F2N/c1-4(3-8-2)5(6)7/h3,5H,1H2,2H3. The van der Waals surface area contributed by atoms with Gasteiger partial charge in [0, 0.05) is 18.8 Å². The number of allylic oxidation sites excluding steroid dienone is 1. The molecule has 0 heterocycles. The topological polar surface area (TPSA) is 12.4 Å². The minimum absolute atomic E-state index is 0.243. The number of hydrogen-bond donors (Lipinski definition) is 0. The van der Waals surface area contributed by atoms with Crippen molar-refractivity contribution in [1.82, 2.24) is 0 Å². The molecule has 0 aliphatic carbocycles. The largest absolute Gasteiger partial charge is 0.296 e. The lowest BCUT2D eigenvalue weighted by Crippen LogP contribution is -1.94. The molecule has 0 unspecified atom stereocenters. The van der Waals surface area contributed by atoms with E-state index in [2.05, 4.69) is 11.6 Å². The molecule has 0 radical (unpaired) electrons. The summed E-state index contributed by atoms with van der Waals surface area (Å²) < 4.78 is 22.8. The molecular weight excluding hydrogens is 112 g/mol. The summed E-state index contributed by atoms with van der Waals surface area (Å²) in [5.41, 5.74) is -0.243. The highest BCUT2D eigenvalue weighted by atomic mass is 19.3. The first-order valence-electron chi connectivity index (χ1n) is 2.07. The molecule has 0 saturated carbocycles. The summed E-state index contributed by atoms with van der Waals surface area (Å²) in [7, 11) is 1.42. The first-order chi connectivity index (χ1) is 3.68. The molecule has 0 aromatic rings. The van der Waals surface area contributed by atoms with Gasteiger partial charge in [-0.2, -0.15) is 0 Å². The number of hydrogen-bond acceptors (Lipinski definition) is 1. The highest BCUT2D eigenvalue weighted by Crippen LogP contribution is 2.01. The van der Waals surface area contributed by atoms with Crippen molar-refractivity contribution in [2.45, 2.75) is 6.43 Å². The third kappa shape index (κ3) is 2.44. The highest BCUT2D eigenvalue weighted by molar-refractivity contribution is 5.78. The maximum Gasteiger partial charge on any atom is 0.264 e. The quantitative estimate of drug-likeness (QED) is 0.488. The molecule has 0 aliphatic heterocycles. The van der Waals surface area contributed by atoms with Crippen molar-refractivity contribution in [3.05, 3.63) is 12.2 Å². The van der Waals surface area contributed by atoms with Gasteiger partial charge in [0.1, 0.15) is 0 Å². The number of rotatable bonds is 2. The van der Waals surface area contributed by atoms with Crippen molar-refractivity contribution in [2.75, 3.05) is 7.05 Å². The zero-order chi connectivity index (χ0) is 6.57. The summed E-state index contributed by atoms with van der Waals surface area (Å²) in [6.45, 7) is 3.04. The Morgan fingerprint density at radius 3 is 2.38 bits per heavy atom. The van der Waals surface area contributed by atoms with Crippen molar-refractivity contribution < 1.29 is 8.78 Å². The Bertz CT molecular complexity index is 107. The molecule has 1 nitrogen and oxygen atoms in total. The molecule has 46 valence electrons. The summed E-state index contributed by atoms with van der Waals surface area (Å²) in [6, 6.07) is 0. The zero-order valence-electron chi connectivity index (χ0n) is 4.56. The van der Waals surface area contributed by atoms with Crippen molar-refractivity contribution in [3.8, 4) is 0 Å². The molecule has 0 bridgehead atoms. The number of halogens is 2. The maximum atomic E-state index is 11.4. The fourth-order valence-corrected chi connectivity index (χ4v) is 0.222. The van der Waals surface area contributed by atoms with Gasteiger partial charge in [0.25, 0.3) is 6.43 Å². The summed E-state index contributed by atoms with van der Waals surface area (Å²) in [6.07, 6.45) is -1.43. The molecule has 0 spiro atoms. The molecular formula is C5H7F2N. The van der Waals surface area contributed by atoms with E-state index in [1.807, 2.05) is 0 Å². The Kier molecular flexibility index (Phi) is 2.99. The van der Waals surface area contributed by atoms with Crippen LogP contribution in [-0.2, 0) is 0 Å². The average Bonchev–Trinajstić information content (AvgIpc) is 1.67. The minimum Gasteiger partial charge on any atom is -0.296 e. The van der Waals surface area contributed by atoms with E-state index in [9.17, 15) is 8.78 Å². The summed E-state index contributed by atoms with van der Waals surface area (Å²) in [5.74, 6) is 0. The van der Waals surface area contributed by atoms with Crippen molar-refractivity contribution in [3.63, 3.8) is 0 Å². The lowest BCUT2D eigenvalue weighted by atomic mass is 10.3. The van der Waals surface area contributed by atoms with Crippen LogP contribution in [0.15, 0.2) is 17.1 Å². The molecule has 0 aromatic carbocycles. The molecule has 3 heteroatoms. The third-order valence-electron chi connectivity index (χ3n) is 0.575. The Morgan fingerprint density at radius 1 is 1.75 bits per heavy atom. The molecule has 0 amide bonds. The number of alkyl halides is 2. The van der Waals surface area contributed by atoms with E-state index >= 15 is 0 Å². The van der Waals surface area contributed by atoms with E-state index in [0.717, 1.165) is 6.21 Å². The minimum atomic E-state index is -2.47. The number of nitrogens with zero attached hydrogens (tertiary/aromatic N) is 1. The first kappa shape index (κ1) is 7.27. The monoisotopic (exact) mass is 119 g/mol. The van der Waals surface area contributed by atoms with E-state index in [1.54, 1.807) is 0 Å². The van der Waals surface area contributed by atoms with Crippen LogP contribution in [0.4, 0.5) is 8.78 Å². The van der Waals surface area contributed by atoms with E-state index in [1.165, 1.54) is 7.05 Å². The Balaban J connectivity index is 3.66. The van der Waals surface area contributed by atoms with Crippen LogP contribution in [0, 0.1) is 0 Å². The predicted molar refractivity (Wildman–Crippen MR) is 29.6 cm³/mol. The van der Waals surface area contributed by atoms with Crippen molar-refractivity contribution in [2.24, 2.45) is 4.99 Å². The highest BCUT2D eigenvalue weighted by Gasteiger charge is 2.02. The van der Waals surface area contributed by atoms with Gasteiger partial charge in [0.2, 0.25) is 0 Å². The van der Waals surface area contributed by atoms with E-state index in [4.69, 9.17) is 0 Å². The SMILES string of the molecule is C=C(C=NC)C(F)F. The lowest BCUT2D eigenvalue weighted by molar-refractivity contribution is 0.198. The van der Waals surface area contributed by atoms with Crippen LogP contribution in [0.5, 0.6) is 0 Å². The van der Waals surface area contributed by atoms with Crippen LogP contribution >= 0.6 is 0 Å². The Labute approximate surface area is 46.7 Å². The summed E-state index contributed by atoms with van der Waals surface area (Å²) >= 11 is 0. The second-order valence-electron chi connectivity index (χ2n) is 1.26. The Morgan fingerprint density at radius 2 is 2.25 bits per heavy atom. The smallest absolute Gasteiger partial charge is 0.264 e. The van der Waals surface area contributed by atoms with Crippen LogP contribution in [-0.4, -0.2) is 19.7 Å². The van der Waals surface area contributed by atoms with Gasteiger partial charge >= 0.3 is 0 Å². The normalized spacial score (nSPS) is 11.0. The third-order valence-corrected chi connectivity index (χ3v) is 0.575. The van der Waals surface area contributed by atoms with Crippen LogP contribution in [0.2, 0.25) is 0 Å². The van der Waals surface area contributed by atoms with Crippen LogP contribution < -0.4 is 0 Å². The second-order valence-corrected chi connectivity index (χ2v) is 1.26. The molecule has 0 atom stereocenters. The average molecular weight is 119 g/mol. The molecule has 0 fully saturated rings. The zero-order valence-corrected chi connectivity index (χ0v) is 4.56. The van der Waals surface area contributed by atoms with Crippen LogP contribution in [0.1, 0.15) is 0 Å². The fourth-order valence-electron chi connectivity index (χ4n) is 0.222. The van der Waals surface area contributed by atoms with E-state index in [0.29, 0.717) is 0 Å². The van der Waals surface area contributed by atoms with Gasteiger partial charge in [0.05, 0.1) is 0 Å². The van der Waals surface area contributed by atoms with Crippen LogP contribution in [0.25, 0.3) is 0 Å². The molecule has 0 aromatic heterocycles. The number of aliphatic imine (C=N–C) groups is 1. The first-order valence-corrected chi connectivity index (χ1v) is 2.07. The molecule has 0 rings (SSSR count). The molecule has 0 N–H and O–H groups in total. The van der Waals surface area contributed by atoms with Gasteiger partial charge in [-0.15, -0.1) is 0 Å². The van der Waals surface area contributed by atoms with Crippen molar-refractivity contribution >= 4 is 6.21 Å². The van der Waals surface area contributed by atoms with Gasteiger partial charge in [-0.05, 0) is 0 Å². The lowest BCUT2D eigenvalue weighted by Gasteiger charge is -1.91. The van der Waals surface area contributed by atoms with Gasteiger partial charge in [0.15, 0.2) is 0 Å². The van der Waals surface area contributed by atoms with Crippen LogP contribution in [0.3, 0.4) is 0 Å². The van der Waals surface area contributed by atoms with Gasteiger partial charge in [-0.1, -0.05) is 6.58 Å². The van der Waals surface area contributed by atoms with Crippen molar-refractivity contribution in [1.29, 1.82) is 0 Å². The van der Waals surface area contributed by atoms with E-state index in [-0.39, 0.29) is 5.57 Å². The fraction of sp³-hybridized carbons (Fsp3) is 0.400. The maximum absolute atomic E-state index is 11.4. The van der Waals surface area contributed by atoms with E-state index < -0.39 is 6.43 Å².